The van der Waals surface area contributed by atoms with Gasteiger partial charge in [-0.2, -0.15) is 0 Å². The van der Waals surface area contributed by atoms with Crippen LogP contribution in [0.15, 0.2) is 66.0 Å². The number of hydrogen-bond acceptors (Lipinski definition) is 6. The molecule has 3 aromatic rings. The first-order valence-electron chi connectivity index (χ1n) is 13.6. The Morgan fingerprint density at radius 3 is 2.55 bits per heavy atom. The highest BCUT2D eigenvalue weighted by Crippen LogP contribution is 2.38. The number of anilines is 2. The third-order valence-corrected chi connectivity index (χ3v) is 9.42. The number of aromatic nitrogens is 2. The topological polar surface area (TPSA) is 78.4 Å². The van der Waals surface area contributed by atoms with Gasteiger partial charge in [-0.05, 0) is 87.5 Å². The Kier molecular flexibility index (Phi) is 8.05. The average Bonchev–Trinajstić information content (AvgIpc) is 3.48. The number of nitrogens with zero attached hydrogens (tertiary/aromatic N) is 4. The molecule has 0 radical (unpaired) electrons. The Bertz CT molecular complexity index is 1430. The van der Waals surface area contributed by atoms with E-state index in [1.807, 2.05) is 6.07 Å². The summed E-state index contributed by atoms with van der Waals surface area (Å²) in [5, 5.41) is 0. The average molecular weight is 574 g/mol. The molecule has 5 rings (SSSR count). The zero-order chi connectivity index (χ0) is 28.4. The van der Waals surface area contributed by atoms with E-state index in [0.29, 0.717) is 18.7 Å². The molecule has 0 bridgehead atoms. The quantitative estimate of drug-likeness (QED) is 0.359. The molecule has 0 aliphatic carbocycles. The number of benzene rings is 2. The summed E-state index contributed by atoms with van der Waals surface area (Å²) in [5.41, 5.74) is 1.33. The van der Waals surface area contributed by atoms with Crippen molar-refractivity contribution < 1.29 is 21.6 Å². The summed E-state index contributed by atoms with van der Waals surface area (Å²) < 4.78 is 71.0. The van der Waals surface area contributed by atoms with Crippen LogP contribution in [0.5, 0.6) is 0 Å². The number of alkyl halides is 2. The summed E-state index contributed by atoms with van der Waals surface area (Å²) in [5.74, 6) is -3.68. The molecular formula is C29H34F3N5O2S. The van der Waals surface area contributed by atoms with Gasteiger partial charge in [0.1, 0.15) is 22.9 Å². The van der Waals surface area contributed by atoms with Gasteiger partial charge in [-0.25, -0.2) is 31.6 Å². The molecule has 2 aromatic carbocycles. The minimum absolute atomic E-state index is 0.0187. The first-order chi connectivity index (χ1) is 19.1. The molecule has 0 saturated carbocycles. The van der Waals surface area contributed by atoms with Crippen LogP contribution in [-0.4, -0.2) is 55.0 Å². The van der Waals surface area contributed by atoms with Crippen LogP contribution >= 0.6 is 0 Å². The minimum atomic E-state index is -4.18. The maximum absolute atomic E-state index is 15.3. The van der Waals surface area contributed by atoms with Crippen molar-refractivity contribution in [1.29, 1.82) is 0 Å². The molecule has 1 N–H and O–H groups in total. The molecule has 11 heteroatoms. The molecule has 214 valence electrons. The SMILES string of the molecule is CC(F)(F)c1cccc(CCC2(N3CCCC3)CCCN(c3ccc(S(=O)(=O)Nc4ccncn4)c(F)c3)C2)c1. The Balaban J connectivity index is 1.36. The molecule has 1 aromatic heterocycles. The van der Waals surface area contributed by atoms with Crippen LogP contribution in [0.2, 0.25) is 0 Å². The highest BCUT2D eigenvalue weighted by Gasteiger charge is 2.41. The van der Waals surface area contributed by atoms with E-state index in [1.54, 1.807) is 18.2 Å². The maximum atomic E-state index is 15.3. The van der Waals surface area contributed by atoms with Gasteiger partial charge in [-0.3, -0.25) is 9.62 Å². The van der Waals surface area contributed by atoms with Gasteiger partial charge in [0.25, 0.3) is 15.9 Å². The molecule has 0 spiro atoms. The Labute approximate surface area is 233 Å². The molecule has 2 saturated heterocycles. The summed E-state index contributed by atoms with van der Waals surface area (Å²) in [6, 6.07) is 12.3. The molecule has 1 unspecified atom stereocenters. The van der Waals surface area contributed by atoms with Gasteiger partial charge in [-0.1, -0.05) is 18.2 Å². The van der Waals surface area contributed by atoms with Crippen molar-refractivity contribution in [2.75, 3.05) is 35.8 Å². The van der Waals surface area contributed by atoms with E-state index in [0.717, 1.165) is 64.2 Å². The molecule has 2 aliphatic heterocycles. The third kappa shape index (κ3) is 6.25. The van der Waals surface area contributed by atoms with Crippen molar-refractivity contribution >= 4 is 21.5 Å². The fourth-order valence-electron chi connectivity index (χ4n) is 5.97. The first kappa shape index (κ1) is 28.4. The van der Waals surface area contributed by atoms with Crippen LogP contribution in [0, 0.1) is 5.82 Å². The lowest BCUT2D eigenvalue weighted by atomic mass is 9.81. The van der Waals surface area contributed by atoms with E-state index in [-0.39, 0.29) is 16.9 Å². The molecule has 0 amide bonds. The maximum Gasteiger partial charge on any atom is 0.270 e. The van der Waals surface area contributed by atoms with Crippen molar-refractivity contribution in [2.24, 2.45) is 0 Å². The van der Waals surface area contributed by atoms with Crippen molar-refractivity contribution in [2.45, 2.75) is 61.8 Å². The summed E-state index contributed by atoms with van der Waals surface area (Å²) in [6.07, 6.45) is 8.12. The third-order valence-electron chi connectivity index (χ3n) is 8.04. The van der Waals surface area contributed by atoms with Gasteiger partial charge < -0.3 is 4.90 Å². The number of halogens is 3. The lowest BCUT2D eigenvalue weighted by Crippen LogP contribution is -2.58. The summed E-state index contributed by atoms with van der Waals surface area (Å²) in [7, 11) is -4.18. The lowest BCUT2D eigenvalue weighted by molar-refractivity contribution is 0.0173. The number of hydrogen-bond donors (Lipinski definition) is 1. The second-order valence-electron chi connectivity index (χ2n) is 10.8. The van der Waals surface area contributed by atoms with Crippen LogP contribution in [0.3, 0.4) is 0 Å². The number of likely N-dealkylation sites (tertiary alicyclic amines) is 1. The van der Waals surface area contributed by atoms with Crippen molar-refractivity contribution in [3.8, 4) is 0 Å². The Hall–Kier alpha value is -3.18. The molecule has 3 heterocycles. The smallest absolute Gasteiger partial charge is 0.270 e. The number of sulfonamides is 1. The van der Waals surface area contributed by atoms with E-state index in [1.165, 1.54) is 36.8 Å². The number of piperidine rings is 1. The monoisotopic (exact) mass is 573 g/mol. The molecule has 2 aliphatic rings. The van der Waals surface area contributed by atoms with E-state index in [9.17, 15) is 17.2 Å². The normalized spacial score (nSPS) is 20.6. The molecular weight excluding hydrogens is 539 g/mol. The Morgan fingerprint density at radius 1 is 1.05 bits per heavy atom. The zero-order valence-electron chi connectivity index (χ0n) is 22.5. The largest absolute Gasteiger partial charge is 0.370 e. The Morgan fingerprint density at radius 2 is 1.85 bits per heavy atom. The molecule has 2 fully saturated rings. The highest BCUT2D eigenvalue weighted by molar-refractivity contribution is 7.92. The fraction of sp³-hybridized carbons (Fsp3) is 0.448. The van der Waals surface area contributed by atoms with Gasteiger partial charge in [-0.15, -0.1) is 0 Å². The van der Waals surface area contributed by atoms with E-state index in [2.05, 4.69) is 24.5 Å². The van der Waals surface area contributed by atoms with Crippen LogP contribution in [0.1, 0.15) is 50.2 Å². The predicted octanol–water partition coefficient (Wildman–Crippen LogP) is 5.60. The van der Waals surface area contributed by atoms with E-state index >= 15 is 4.39 Å². The van der Waals surface area contributed by atoms with Gasteiger partial charge >= 0.3 is 0 Å². The van der Waals surface area contributed by atoms with E-state index in [4.69, 9.17) is 0 Å². The predicted molar refractivity (Wildman–Crippen MR) is 149 cm³/mol. The second kappa shape index (κ2) is 11.4. The summed E-state index contributed by atoms with van der Waals surface area (Å²) >= 11 is 0. The number of aryl methyl sites for hydroxylation is 1. The second-order valence-corrected chi connectivity index (χ2v) is 12.5. The molecule has 1 atom stereocenters. The van der Waals surface area contributed by atoms with Gasteiger partial charge in [0.05, 0.1) is 0 Å². The van der Waals surface area contributed by atoms with Crippen LogP contribution in [-0.2, 0) is 22.4 Å². The minimum Gasteiger partial charge on any atom is -0.370 e. The molecule has 40 heavy (non-hydrogen) atoms. The van der Waals surface area contributed by atoms with Crippen LogP contribution < -0.4 is 9.62 Å². The van der Waals surface area contributed by atoms with Crippen molar-refractivity contribution in [3.63, 3.8) is 0 Å². The van der Waals surface area contributed by atoms with Crippen molar-refractivity contribution in [1.82, 2.24) is 14.9 Å². The van der Waals surface area contributed by atoms with Crippen molar-refractivity contribution in [3.05, 3.63) is 78.0 Å². The standard InChI is InChI=1S/C29H34F3N5O2S/c1-28(31,32)23-7-4-6-22(18-23)10-13-29(37-16-2-3-17-37)12-5-15-36(20-29)24-8-9-26(25(30)19-24)40(38,39)35-27-11-14-33-21-34-27/h4,6-9,11,14,18-19,21H,2-3,5,10,12-13,15-17,20H2,1H3,(H,33,34,35). The van der Waals surface area contributed by atoms with Gasteiger partial charge in [0.15, 0.2) is 0 Å². The molecule has 7 nitrogen and oxygen atoms in total. The number of rotatable bonds is 9. The highest BCUT2D eigenvalue weighted by atomic mass is 32.2. The summed E-state index contributed by atoms with van der Waals surface area (Å²) in [6.45, 7) is 4.24. The van der Waals surface area contributed by atoms with Gasteiger partial charge in [0, 0.05) is 43.0 Å². The van der Waals surface area contributed by atoms with E-state index < -0.39 is 26.7 Å². The summed E-state index contributed by atoms with van der Waals surface area (Å²) in [4.78, 5) is 11.8. The zero-order valence-corrected chi connectivity index (χ0v) is 23.3. The van der Waals surface area contributed by atoms with Crippen LogP contribution in [0.25, 0.3) is 0 Å². The number of nitrogens with one attached hydrogen (secondary N) is 1. The van der Waals surface area contributed by atoms with Gasteiger partial charge in [0.2, 0.25) is 0 Å². The fourth-order valence-corrected chi connectivity index (χ4v) is 7.04. The van der Waals surface area contributed by atoms with Crippen LogP contribution in [0.4, 0.5) is 24.7 Å². The first-order valence-corrected chi connectivity index (χ1v) is 15.1. The lowest BCUT2D eigenvalue weighted by Gasteiger charge is -2.49.